The highest BCUT2D eigenvalue weighted by molar-refractivity contribution is 6.17. The van der Waals surface area contributed by atoms with Gasteiger partial charge in [0.15, 0.2) is 6.07 Å². The number of hydrogen-bond acceptors (Lipinski definition) is 4. The molecule has 1 fully saturated rings. The molecule has 1 rings (SSSR count). The Morgan fingerprint density at radius 3 is 2.80 bits per heavy atom. The van der Waals surface area contributed by atoms with E-state index in [9.17, 15) is 9.59 Å². The Morgan fingerprint density at radius 2 is 2.20 bits per heavy atom. The van der Waals surface area contributed by atoms with Gasteiger partial charge in [-0.2, -0.15) is 0 Å². The molecule has 5 nitrogen and oxygen atoms in total. The van der Waals surface area contributed by atoms with Crippen LogP contribution >= 0.6 is 11.6 Å². The molecule has 1 atom stereocenters. The molecule has 0 aliphatic carbocycles. The minimum absolute atomic E-state index is 0.203. The SMILES string of the molecule is CCOC(=O)[C@@H]1CCCN1C(=O)OCCl. The van der Waals surface area contributed by atoms with Crippen LogP contribution in [-0.2, 0) is 14.3 Å². The molecule has 6 heteroatoms. The van der Waals surface area contributed by atoms with E-state index < -0.39 is 12.1 Å². The van der Waals surface area contributed by atoms with Crippen molar-refractivity contribution < 1.29 is 19.1 Å². The van der Waals surface area contributed by atoms with Crippen LogP contribution in [0.4, 0.5) is 4.79 Å². The molecule has 0 radical (unpaired) electrons. The van der Waals surface area contributed by atoms with Crippen molar-refractivity contribution in [3.8, 4) is 0 Å². The van der Waals surface area contributed by atoms with Crippen LogP contribution < -0.4 is 0 Å². The van der Waals surface area contributed by atoms with Crippen LogP contribution in [0.3, 0.4) is 0 Å². The predicted molar refractivity (Wildman–Crippen MR) is 53.6 cm³/mol. The molecule has 1 amide bonds. The van der Waals surface area contributed by atoms with Gasteiger partial charge in [-0.3, -0.25) is 4.90 Å². The van der Waals surface area contributed by atoms with Gasteiger partial charge in [0.1, 0.15) is 6.04 Å². The summed E-state index contributed by atoms with van der Waals surface area (Å²) in [6, 6.07) is -0.717. The first-order valence-corrected chi connectivity index (χ1v) is 5.40. The molecule has 86 valence electrons. The van der Waals surface area contributed by atoms with Gasteiger partial charge in [-0.1, -0.05) is 11.6 Å². The third-order valence-electron chi connectivity index (χ3n) is 2.22. The van der Waals surface area contributed by atoms with Crippen molar-refractivity contribution in [2.45, 2.75) is 25.8 Å². The highest BCUT2D eigenvalue weighted by Gasteiger charge is 2.35. The summed E-state index contributed by atoms with van der Waals surface area (Å²) in [7, 11) is 0. The second-order valence-corrected chi connectivity index (χ2v) is 3.34. The van der Waals surface area contributed by atoms with Gasteiger partial charge in [-0.25, -0.2) is 9.59 Å². The fourth-order valence-electron chi connectivity index (χ4n) is 1.60. The van der Waals surface area contributed by atoms with Crippen molar-refractivity contribution >= 4 is 23.7 Å². The van der Waals surface area contributed by atoms with Crippen LogP contribution in [0.1, 0.15) is 19.8 Å². The average Bonchev–Trinajstić information content (AvgIpc) is 2.66. The number of rotatable bonds is 3. The van der Waals surface area contributed by atoms with E-state index in [0.717, 1.165) is 6.42 Å². The fraction of sp³-hybridized carbons (Fsp3) is 0.778. The van der Waals surface area contributed by atoms with Crippen molar-refractivity contribution in [3.05, 3.63) is 0 Å². The topological polar surface area (TPSA) is 55.8 Å². The summed E-state index contributed by atoms with van der Waals surface area (Å²) in [6.45, 7) is 2.56. The standard InChI is InChI=1S/C9H14ClNO4/c1-2-14-8(12)7-4-3-5-11(7)9(13)15-6-10/h7H,2-6H2,1H3/t7-/m0/s1. The third-order valence-corrected chi connectivity index (χ3v) is 2.33. The number of carbonyl (C=O) groups is 2. The van der Waals surface area contributed by atoms with Gasteiger partial charge >= 0.3 is 12.1 Å². The number of halogens is 1. The molecule has 0 unspecified atom stereocenters. The summed E-state index contributed by atoms with van der Waals surface area (Å²) in [4.78, 5) is 24.2. The van der Waals surface area contributed by atoms with E-state index in [1.54, 1.807) is 6.92 Å². The number of alkyl halides is 1. The van der Waals surface area contributed by atoms with E-state index in [2.05, 4.69) is 4.74 Å². The minimum Gasteiger partial charge on any atom is -0.464 e. The number of nitrogens with zero attached hydrogens (tertiary/aromatic N) is 1. The van der Waals surface area contributed by atoms with Gasteiger partial charge in [0.05, 0.1) is 6.61 Å². The fourth-order valence-corrected chi connectivity index (χ4v) is 1.69. The molecular weight excluding hydrogens is 222 g/mol. The lowest BCUT2D eigenvalue weighted by molar-refractivity contribution is -0.147. The first-order valence-electron chi connectivity index (χ1n) is 4.86. The molecule has 0 spiro atoms. The van der Waals surface area contributed by atoms with E-state index in [0.29, 0.717) is 19.6 Å². The molecule has 1 saturated heterocycles. The highest BCUT2D eigenvalue weighted by Crippen LogP contribution is 2.19. The Bertz CT molecular complexity index is 222. The molecule has 15 heavy (non-hydrogen) atoms. The van der Waals surface area contributed by atoms with Crippen LogP contribution in [-0.4, -0.2) is 42.2 Å². The number of ether oxygens (including phenoxy) is 2. The van der Waals surface area contributed by atoms with Crippen molar-refractivity contribution in [1.29, 1.82) is 0 Å². The Balaban J connectivity index is 2.56. The Labute approximate surface area is 93.3 Å². The first-order chi connectivity index (χ1) is 7.20. The van der Waals surface area contributed by atoms with Crippen LogP contribution in [0.15, 0.2) is 0 Å². The van der Waals surface area contributed by atoms with Crippen molar-refractivity contribution in [2.24, 2.45) is 0 Å². The van der Waals surface area contributed by atoms with E-state index in [1.807, 2.05) is 0 Å². The summed E-state index contributed by atoms with van der Waals surface area (Å²) in [6.07, 6.45) is 0.845. The molecule has 1 heterocycles. The zero-order valence-corrected chi connectivity index (χ0v) is 9.33. The smallest absolute Gasteiger partial charge is 0.411 e. The minimum atomic E-state index is -0.555. The largest absolute Gasteiger partial charge is 0.464 e. The molecule has 0 aromatic carbocycles. The van der Waals surface area contributed by atoms with Crippen LogP contribution in [0.5, 0.6) is 0 Å². The summed E-state index contributed by atoms with van der Waals surface area (Å²) >= 11 is 5.28. The normalized spacial score (nSPS) is 20.1. The molecule has 1 aliphatic heterocycles. The number of amides is 1. The lowest BCUT2D eigenvalue weighted by atomic mass is 10.2. The van der Waals surface area contributed by atoms with E-state index in [-0.39, 0.29) is 12.0 Å². The summed E-state index contributed by atoms with van der Waals surface area (Å²) < 4.78 is 9.49. The van der Waals surface area contributed by atoms with E-state index in [4.69, 9.17) is 16.3 Å². The summed E-state index contributed by atoms with van der Waals surface area (Å²) in [5.41, 5.74) is 0. The van der Waals surface area contributed by atoms with Gasteiger partial charge in [-0.05, 0) is 19.8 Å². The Kier molecular flexibility index (Phi) is 4.68. The highest BCUT2D eigenvalue weighted by atomic mass is 35.5. The van der Waals surface area contributed by atoms with Crippen LogP contribution in [0.25, 0.3) is 0 Å². The quantitative estimate of drug-likeness (QED) is 0.547. The second-order valence-electron chi connectivity index (χ2n) is 3.12. The predicted octanol–water partition coefficient (Wildman–Crippen LogP) is 1.35. The van der Waals surface area contributed by atoms with Crippen LogP contribution in [0.2, 0.25) is 0 Å². The maximum Gasteiger partial charge on any atom is 0.411 e. The zero-order chi connectivity index (χ0) is 11.3. The van der Waals surface area contributed by atoms with Crippen molar-refractivity contribution in [1.82, 2.24) is 4.90 Å². The molecule has 1 aliphatic rings. The average molecular weight is 236 g/mol. The molecule has 0 aromatic heterocycles. The zero-order valence-electron chi connectivity index (χ0n) is 8.57. The van der Waals surface area contributed by atoms with E-state index in [1.165, 1.54) is 4.90 Å². The van der Waals surface area contributed by atoms with E-state index >= 15 is 0 Å². The molecule has 0 N–H and O–H groups in total. The molecule has 0 bridgehead atoms. The number of hydrogen-bond donors (Lipinski definition) is 0. The third kappa shape index (κ3) is 2.99. The summed E-state index contributed by atoms with van der Waals surface area (Å²) in [5.74, 6) is -0.374. The Hall–Kier alpha value is -0.970. The lowest BCUT2D eigenvalue weighted by Crippen LogP contribution is -2.41. The van der Waals surface area contributed by atoms with Gasteiger partial charge in [0.25, 0.3) is 0 Å². The first kappa shape index (κ1) is 12.1. The number of likely N-dealkylation sites (tertiary alicyclic amines) is 1. The van der Waals surface area contributed by atoms with Gasteiger partial charge < -0.3 is 9.47 Å². The lowest BCUT2D eigenvalue weighted by Gasteiger charge is -2.21. The monoisotopic (exact) mass is 235 g/mol. The summed E-state index contributed by atoms with van der Waals surface area (Å²) in [5, 5.41) is 0. The van der Waals surface area contributed by atoms with Crippen molar-refractivity contribution in [3.63, 3.8) is 0 Å². The number of carbonyl (C=O) groups excluding carboxylic acids is 2. The maximum atomic E-state index is 11.5. The maximum absolute atomic E-state index is 11.5. The molecule has 0 saturated carbocycles. The van der Waals surface area contributed by atoms with Gasteiger partial charge in [0.2, 0.25) is 0 Å². The Morgan fingerprint density at radius 1 is 1.47 bits per heavy atom. The van der Waals surface area contributed by atoms with Gasteiger partial charge in [-0.15, -0.1) is 0 Å². The second kappa shape index (κ2) is 5.80. The van der Waals surface area contributed by atoms with Crippen molar-refractivity contribution in [2.75, 3.05) is 19.2 Å². The number of esters is 1. The molecule has 0 aromatic rings. The van der Waals surface area contributed by atoms with Gasteiger partial charge in [0, 0.05) is 6.54 Å². The van der Waals surface area contributed by atoms with Crippen LogP contribution in [0, 0.1) is 0 Å². The molecular formula is C9H14ClNO4.